The van der Waals surface area contributed by atoms with Crippen molar-refractivity contribution in [3.8, 4) is 5.75 Å². The molecule has 7 heteroatoms. The molecule has 158 valence electrons. The fraction of sp³-hybridized carbons (Fsp3) is 0.667. The van der Waals surface area contributed by atoms with E-state index in [1.165, 1.54) is 37.8 Å². The third-order valence-electron chi connectivity index (χ3n) is 5.54. The van der Waals surface area contributed by atoms with Gasteiger partial charge in [0.2, 0.25) is 0 Å². The topological polar surface area (TPSA) is 57.1 Å². The quantitative estimate of drug-likeness (QED) is 0.344. The lowest BCUT2D eigenvalue weighted by Gasteiger charge is -2.34. The number of aliphatic imine (C=N–C) groups is 1. The lowest BCUT2D eigenvalue weighted by atomic mass is 10.1. The Labute approximate surface area is 184 Å². The monoisotopic (exact) mass is 505 g/mol. The van der Waals surface area contributed by atoms with Crippen LogP contribution >= 0.6 is 24.0 Å². The van der Waals surface area contributed by atoms with Gasteiger partial charge < -0.3 is 20.1 Å². The molecule has 0 radical (unpaired) electrons. The van der Waals surface area contributed by atoms with E-state index in [4.69, 9.17) is 4.74 Å². The fourth-order valence-electron chi connectivity index (χ4n) is 3.92. The summed E-state index contributed by atoms with van der Waals surface area (Å²) in [5.74, 6) is 0.704. The molecule has 2 aliphatic rings. The maximum Gasteiger partial charge on any atom is 0.194 e. The van der Waals surface area contributed by atoms with Crippen LogP contribution in [0.3, 0.4) is 0 Å². The minimum absolute atomic E-state index is 0. The molecule has 1 aliphatic heterocycles. The van der Waals surface area contributed by atoms with Gasteiger partial charge in [-0.2, -0.15) is 0 Å². The van der Waals surface area contributed by atoms with Gasteiger partial charge in [-0.1, -0.05) is 18.9 Å². The maximum absolute atomic E-state index is 13.5. The van der Waals surface area contributed by atoms with Gasteiger partial charge in [-0.05, 0) is 56.2 Å². The van der Waals surface area contributed by atoms with Crippen molar-refractivity contribution in [2.75, 3.05) is 26.2 Å². The zero-order valence-electron chi connectivity index (χ0n) is 16.7. The third-order valence-corrected chi connectivity index (χ3v) is 5.54. The van der Waals surface area contributed by atoms with Gasteiger partial charge in [0.25, 0.3) is 0 Å². The van der Waals surface area contributed by atoms with E-state index in [0.717, 1.165) is 56.5 Å². The Morgan fingerprint density at radius 1 is 1.25 bits per heavy atom. The number of hydrogen-bond acceptors (Lipinski definition) is 3. The number of likely N-dealkylation sites (tertiary alicyclic amines) is 1. The van der Waals surface area contributed by atoms with Gasteiger partial charge >= 0.3 is 0 Å². The molecule has 5 nitrogen and oxygen atoms in total. The number of phenols is 1. The van der Waals surface area contributed by atoms with E-state index in [9.17, 15) is 9.50 Å². The number of hydrogen-bond donors (Lipinski definition) is 2. The Kier molecular flexibility index (Phi) is 9.77. The molecule has 1 aliphatic carbocycles. The van der Waals surface area contributed by atoms with Crippen LogP contribution in [0.1, 0.15) is 51.0 Å². The first-order valence-corrected chi connectivity index (χ1v) is 10.3. The van der Waals surface area contributed by atoms with Gasteiger partial charge in [-0.25, -0.2) is 9.38 Å². The van der Waals surface area contributed by atoms with Crippen molar-refractivity contribution < 1.29 is 14.2 Å². The molecule has 1 saturated heterocycles. The van der Waals surface area contributed by atoms with Crippen molar-refractivity contribution in [2.45, 2.75) is 58.1 Å². The summed E-state index contributed by atoms with van der Waals surface area (Å²) in [6.45, 7) is 5.99. The predicted octanol–water partition coefficient (Wildman–Crippen LogP) is 4.29. The van der Waals surface area contributed by atoms with Crippen LogP contribution in [-0.2, 0) is 11.3 Å². The van der Waals surface area contributed by atoms with E-state index in [0.29, 0.717) is 12.6 Å². The van der Waals surface area contributed by atoms with Crippen LogP contribution in [0.2, 0.25) is 0 Å². The molecule has 2 N–H and O–H groups in total. The lowest BCUT2D eigenvalue weighted by Crippen LogP contribution is -2.47. The normalized spacial score (nSPS) is 18.9. The van der Waals surface area contributed by atoms with Gasteiger partial charge in [-0.15, -0.1) is 24.0 Å². The Morgan fingerprint density at radius 3 is 2.61 bits per heavy atom. The average Bonchev–Trinajstić information content (AvgIpc) is 3.20. The minimum atomic E-state index is -0.604. The summed E-state index contributed by atoms with van der Waals surface area (Å²) >= 11 is 0. The van der Waals surface area contributed by atoms with Crippen LogP contribution in [0.4, 0.5) is 4.39 Å². The molecular weight excluding hydrogens is 472 g/mol. The molecule has 1 saturated carbocycles. The number of halogens is 2. The van der Waals surface area contributed by atoms with Gasteiger partial charge in [-0.3, -0.25) is 0 Å². The smallest absolute Gasteiger partial charge is 0.194 e. The largest absolute Gasteiger partial charge is 0.505 e. The first-order chi connectivity index (χ1) is 13.2. The summed E-state index contributed by atoms with van der Waals surface area (Å²) in [7, 11) is 0. The highest BCUT2D eigenvalue weighted by Gasteiger charge is 2.23. The van der Waals surface area contributed by atoms with Crippen LogP contribution in [0.25, 0.3) is 0 Å². The van der Waals surface area contributed by atoms with Crippen molar-refractivity contribution in [3.63, 3.8) is 0 Å². The van der Waals surface area contributed by atoms with E-state index < -0.39 is 5.82 Å². The summed E-state index contributed by atoms with van der Waals surface area (Å²) in [6, 6.07) is 4.42. The molecule has 3 rings (SSSR count). The first kappa shape index (κ1) is 23.2. The Morgan fingerprint density at radius 2 is 1.96 bits per heavy atom. The van der Waals surface area contributed by atoms with Crippen molar-refractivity contribution in [1.82, 2.24) is 10.2 Å². The van der Waals surface area contributed by atoms with Crippen LogP contribution in [0, 0.1) is 11.7 Å². The van der Waals surface area contributed by atoms with E-state index in [2.05, 4.69) is 15.2 Å². The summed E-state index contributed by atoms with van der Waals surface area (Å²) < 4.78 is 19.7. The van der Waals surface area contributed by atoms with E-state index in [1.54, 1.807) is 6.07 Å². The number of nitrogens with zero attached hydrogens (tertiary/aromatic N) is 2. The molecule has 28 heavy (non-hydrogen) atoms. The highest BCUT2D eigenvalue weighted by atomic mass is 127. The molecule has 2 fully saturated rings. The SMILES string of the molecule is CCNC(=NCc1ccc(O)c(F)c1)N1CCC(OCC2CCCC2)CC1.I. The Balaban J connectivity index is 0.00000280. The van der Waals surface area contributed by atoms with Gasteiger partial charge in [0.05, 0.1) is 12.6 Å². The first-order valence-electron chi connectivity index (χ1n) is 10.3. The summed E-state index contributed by atoms with van der Waals surface area (Å²) in [5, 5.41) is 12.6. The Bertz CT molecular complexity index is 630. The van der Waals surface area contributed by atoms with Gasteiger partial charge in [0, 0.05) is 26.2 Å². The zero-order chi connectivity index (χ0) is 19.1. The van der Waals surface area contributed by atoms with Gasteiger partial charge in [0.1, 0.15) is 0 Å². The second-order valence-electron chi connectivity index (χ2n) is 7.63. The number of benzene rings is 1. The number of ether oxygens (including phenoxy) is 1. The molecule has 0 spiro atoms. The summed E-state index contributed by atoms with van der Waals surface area (Å²) in [6.07, 6.45) is 7.77. The number of nitrogens with one attached hydrogen (secondary N) is 1. The minimum Gasteiger partial charge on any atom is -0.505 e. The number of aromatic hydroxyl groups is 1. The second kappa shape index (κ2) is 11.8. The maximum atomic E-state index is 13.5. The predicted molar refractivity (Wildman–Crippen MR) is 121 cm³/mol. The molecule has 1 aromatic rings. The molecule has 0 atom stereocenters. The average molecular weight is 505 g/mol. The molecule has 1 aromatic carbocycles. The summed E-state index contributed by atoms with van der Waals surface area (Å²) in [5.41, 5.74) is 0.746. The van der Waals surface area contributed by atoms with Crippen LogP contribution < -0.4 is 5.32 Å². The Hall–Kier alpha value is -1.09. The van der Waals surface area contributed by atoms with Crippen molar-refractivity contribution >= 4 is 29.9 Å². The highest BCUT2D eigenvalue weighted by Crippen LogP contribution is 2.26. The van der Waals surface area contributed by atoms with Crippen LogP contribution in [0.15, 0.2) is 23.2 Å². The van der Waals surface area contributed by atoms with E-state index >= 15 is 0 Å². The molecule has 0 aromatic heterocycles. The zero-order valence-corrected chi connectivity index (χ0v) is 19.0. The van der Waals surface area contributed by atoms with E-state index in [-0.39, 0.29) is 29.7 Å². The number of piperidine rings is 1. The van der Waals surface area contributed by atoms with Crippen molar-refractivity contribution in [3.05, 3.63) is 29.6 Å². The standard InChI is InChI=1S/C21H32FN3O2.HI/c1-2-23-21(24-14-17-7-8-20(26)19(22)13-17)25-11-9-18(10-12-25)27-15-16-5-3-4-6-16;/h7-8,13,16,18,26H,2-6,9-12,14-15H2,1H3,(H,23,24);1H. The third kappa shape index (κ3) is 6.76. The highest BCUT2D eigenvalue weighted by molar-refractivity contribution is 14.0. The van der Waals surface area contributed by atoms with Gasteiger partial charge in [0.15, 0.2) is 17.5 Å². The molecule has 1 heterocycles. The molecule has 0 amide bonds. The van der Waals surface area contributed by atoms with Crippen molar-refractivity contribution in [1.29, 1.82) is 0 Å². The number of guanidine groups is 1. The number of rotatable bonds is 6. The van der Waals surface area contributed by atoms with Crippen molar-refractivity contribution in [2.24, 2.45) is 10.9 Å². The second-order valence-corrected chi connectivity index (χ2v) is 7.63. The lowest BCUT2D eigenvalue weighted by molar-refractivity contribution is 0.00101. The molecule has 0 bridgehead atoms. The molecule has 0 unspecified atom stereocenters. The van der Waals surface area contributed by atoms with E-state index in [1.807, 2.05) is 6.92 Å². The molecular formula is C21H33FIN3O2. The summed E-state index contributed by atoms with van der Waals surface area (Å²) in [4.78, 5) is 6.91. The fourth-order valence-corrected chi connectivity index (χ4v) is 3.92. The van der Waals surface area contributed by atoms with Crippen LogP contribution in [-0.4, -0.2) is 48.3 Å². The number of phenolic OH excluding ortho intramolecular Hbond substituents is 1. The van der Waals surface area contributed by atoms with Crippen LogP contribution in [0.5, 0.6) is 5.75 Å².